The molecule has 140 valence electrons. The van der Waals surface area contributed by atoms with Gasteiger partial charge in [0, 0.05) is 5.69 Å². The minimum Gasteiger partial charge on any atom is -0.399 e. The van der Waals surface area contributed by atoms with Crippen molar-refractivity contribution in [3.05, 3.63) is 106 Å². The third kappa shape index (κ3) is 3.66. The predicted molar refractivity (Wildman–Crippen MR) is 122 cm³/mol. The summed E-state index contributed by atoms with van der Waals surface area (Å²) >= 11 is 0. The van der Waals surface area contributed by atoms with Crippen molar-refractivity contribution in [1.82, 2.24) is 0 Å². The largest absolute Gasteiger partial charge is 0.399 e. The summed E-state index contributed by atoms with van der Waals surface area (Å²) in [6.07, 6.45) is 7.79. The Kier molecular flexibility index (Phi) is 4.68. The van der Waals surface area contributed by atoms with Gasteiger partial charge in [0.05, 0.1) is 0 Å². The van der Waals surface area contributed by atoms with Crippen LogP contribution in [0, 0.1) is 6.92 Å². The molecule has 1 nitrogen and oxygen atoms in total. The van der Waals surface area contributed by atoms with Gasteiger partial charge in [-0.3, -0.25) is 0 Å². The molecule has 0 aromatic heterocycles. The minimum absolute atomic E-state index is 0.155. The SMILES string of the molecule is Cc1ccc(C2=CCC(C)(C)c3ccc(/C=C/c4ccc(N)cc4)cc32)cc1. The molecule has 0 spiro atoms. The number of hydrogen-bond donors (Lipinski definition) is 1. The number of rotatable bonds is 3. The monoisotopic (exact) mass is 365 g/mol. The second-order valence-corrected chi connectivity index (χ2v) is 8.38. The summed E-state index contributed by atoms with van der Waals surface area (Å²) in [7, 11) is 0. The summed E-state index contributed by atoms with van der Waals surface area (Å²) in [5, 5.41) is 0. The Labute approximate surface area is 168 Å². The summed E-state index contributed by atoms with van der Waals surface area (Å²) in [6.45, 7) is 6.80. The zero-order chi connectivity index (χ0) is 19.7. The maximum Gasteiger partial charge on any atom is 0.0314 e. The van der Waals surface area contributed by atoms with Gasteiger partial charge in [-0.2, -0.15) is 0 Å². The second kappa shape index (κ2) is 7.16. The molecule has 0 heterocycles. The number of allylic oxidation sites excluding steroid dienone is 1. The van der Waals surface area contributed by atoms with E-state index in [1.165, 1.54) is 33.4 Å². The molecule has 1 aliphatic rings. The summed E-state index contributed by atoms with van der Waals surface area (Å²) in [6, 6.07) is 23.7. The first-order valence-corrected chi connectivity index (χ1v) is 9.88. The molecule has 4 rings (SSSR count). The van der Waals surface area contributed by atoms with E-state index in [-0.39, 0.29) is 5.41 Å². The standard InChI is InChI=1S/C27H27N/c1-19-4-11-22(12-5-19)24-16-17-27(2,3)26-15-10-21(18-25(24)26)7-6-20-8-13-23(28)14-9-20/h4-16,18H,17,28H2,1-3H3/b7-6+. The van der Waals surface area contributed by atoms with E-state index >= 15 is 0 Å². The predicted octanol–water partition coefficient (Wildman–Crippen LogP) is 6.86. The highest BCUT2D eigenvalue weighted by atomic mass is 14.5. The van der Waals surface area contributed by atoms with Crippen LogP contribution >= 0.6 is 0 Å². The van der Waals surface area contributed by atoms with Crippen LogP contribution in [0.2, 0.25) is 0 Å². The molecule has 0 amide bonds. The molecule has 0 unspecified atom stereocenters. The molecule has 3 aromatic rings. The number of hydrogen-bond acceptors (Lipinski definition) is 1. The molecule has 0 saturated carbocycles. The number of anilines is 1. The van der Waals surface area contributed by atoms with Gasteiger partial charge in [-0.05, 0) is 70.3 Å². The molecule has 1 heteroatoms. The lowest BCUT2D eigenvalue weighted by Gasteiger charge is -2.32. The van der Waals surface area contributed by atoms with Gasteiger partial charge in [-0.25, -0.2) is 0 Å². The maximum atomic E-state index is 5.79. The van der Waals surface area contributed by atoms with Crippen molar-refractivity contribution in [3.63, 3.8) is 0 Å². The number of aryl methyl sites for hydroxylation is 1. The molecular formula is C27H27N. The van der Waals surface area contributed by atoms with E-state index < -0.39 is 0 Å². The van der Waals surface area contributed by atoms with Crippen LogP contribution in [0.25, 0.3) is 17.7 Å². The van der Waals surface area contributed by atoms with Gasteiger partial charge in [-0.1, -0.05) is 86.2 Å². The highest BCUT2D eigenvalue weighted by Gasteiger charge is 2.28. The first-order chi connectivity index (χ1) is 13.4. The number of nitrogens with two attached hydrogens (primary N) is 1. The van der Waals surface area contributed by atoms with Gasteiger partial charge in [-0.15, -0.1) is 0 Å². The average Bonchev–Trinajstić information content (AvgIpc) is 2.68. The topological polar surface area (TPSA) is 26.0 Å². The molecule has 3 aromatic carbocycles. The van der Waals surface area contributed by atoms with Crippen molar-refractivity contribution in [1.29, 1.82) is 0 Å². The Balaban J connectivity index is 1.74. The van der Waals surface area contributed by atoms with Gasteiger partial charge in [0.2, 0.25) is 0 Å². The van der Waals surface area contributed by atoms with Crippen LogP contribution in [-0.2, 0) is 5.41 Å². The van der Waals surface area contributed by atoms with Gasteiger partial charge < -0.3 is 5.73 Å². The molecule has 0 atom stereocenters. The van der Waals surface area contributed by atoms with Crippen molar-refractivity contribution in [2.45, 2.75) is 32.6 Å². The summed E-state index contributed by atoms with van der Waals surface area (Å²) in [5.74, 6) is 0. The third-order valence-electron chi connectivity index (χ3n) is 5.65. The Hall–Kier alpha value is -3.06. The van der Waals surface area contributed by atoms with Gasteiger partial charge in [0.15, 0.2) is 0 Å². The Bertz CT molecular complexity index is 1050. The van der Waals surface area contributed by atoms with Crippen LogP contribution in [0.1, 0.15) is 53.6 Å². The Morgan fingerprint density at radius 3 is 2.18 bits per heavy atom. The molecule has 0 bridgehead atoms. The normalized spacial score (nSPS) is 15.3. The van der Waals surface area contributed by atoms with E-state index in [9.17, 15) is 0 Å². The van der Waals surface area contributed by atoms with Crippen LogP contribution in [0.15, 0.2) is 72.8 Å². The fourth-order valence-corrected chi connectivity index (χ4v) is 3.86. The van der Waals surface area contributed by atoms with Crippen LogP contribution in [0.5, 0.6) is 0 Å². The first kappa shape index (κ1) is 18.3. The van der Waals surface area contributed by atoms with Crippen molar-refractivity contribution >= 4 is 23.4 Å². The quantitative estimate of drug-likeness (QED) is 0.398. The molecule has 0 saturated heterocycles. The fraction of sp³-hybridized carbons (Fsp3) is 0.185. The highest BCUT2D eigenvalue weighted by Crippen LogP contribution is 2.41. The average molecular weight is 366 g/mol. The molecular weight excluding hydrogens is 338 g/mol. The Morgan fingerprint density at radius 1 is 0.821 bits per heavy atom. The van der Waals surface area contributed by atoms with Crippen molar-refractivity contribution < 1.29 is 0 Å². The van der Waals surface area contributed by atoms with E-state index in [1.807, 2.05) is 24.3 Å². The van der Waals surface area contributed by atoms with E-state index in [0.29, 0.717) is 0 Å². The van der Waals surface area contributed by atoms with Crippen molar-refractivity contribution in [2.24, 2.45) is 0 Å². The summed E-state index contributed by atoms with van der Waals surface area (Å²) in [5.41, 5.74) is 15.8. The maximum absolute atomic E-state index is 5.79. The number of nitrogen functional groups attached to an aromatic ring is 1. The zero-order valence-corrected chi connectivity index (χ0v) is 16.9. The van der Waals surface area contributed by atoms with Crippen molar-refractivity contribution in [3.8, 4) is 0 Å². The van der Waals surface area contributed by atoms with E-state index in [4.69, 9.17) is 5.73 Å². The molecule has 0 aliphatic heterocycles. The lowest BCUT2D eigenvalue weighted by atomic mass is 9.72. The highest BCUT2D eigenvalue weighted by molar-refractivity contribution is 5.85. The number of fused-ring (bicyclic) bond motifs is 1. The smallest absolute Gasteiger partial charge is 0.0314 e. The van der Waals surface area contributed by atoms with Crippen LogP contribution in [0.3, 0.4) is 0 Å². The molecule has 28 heavy (non-hydrogen) atoms. The summed E-state index contributed by atoms with van der Waals surface area (Å²) in [4.78, 5) is 0. The van der Waals surface area contributed by atoms with E-state index in [2.05, 4.69) is 81.5 Å². The second-order valence-electron chi connectivity index (χ2n) is 8.38. The summed E-state index contributed by atoms with van der Waals surface area (Å²) < 4.78 is 0. The number of benzene rings is 3. The van der Waals surface area contributed by atoms with Gasteiger partial charge in [0.25, 0.3) is 0 Å². The van der Waals surface area contributed by atoms with E-state index in [1.54, 1.807) is 0 Å². The van der Waals surface area contributed by atoms with Crippen LogP contribution in [0.4, 0.5) is 5.69 Å². The van der Waals surface area contributed by atoms with Gasteiger partial charge in [0.1, 0.15) is 0 Å². The zero-order valence-electron chi connectivity index (χ0n) is 16.9. The van der Waals surface area contributed by atoms with E-state index in [0.717, 1.165) is 17.7 Å². The fourth-order valence-electron chi connectivity index (χ4n) is 3.86. The molecule has 0 fully saturated rings. The molecule has 1 aliphatic carbocycles. The van der Waals surface area contributed by atoms with Gasteiger partial charge >= 0.3 is 0 Å². The van der Waals surface area contributed by atoms with Crippen LogP contribution in [-0.4, -0.2) is 0 Å². The Morgan fingerprint density at radius 2 is 1.46 bits per heavy atom. The van der Waals surface area contributed by atoms with Crippen molar-refractivity contribution in [2.75, 3.05) is 5.73 Å². The lowest BCUT2D eigenvalue weighted by Crippen LogP contribution is -2.21. The third-order valence-corrected chi connectivity index (χ3v) is 5.65. The lowest BCUT2D eigenvalue weighted by molar-refractivity contribution is 0.527. The molecule has 2 N–H and O–H groups in total. The minimum atomic E-state index is 0.155. The first-order valence-electron chi connectivity index (χ1n) is 9.88. The van der Waals surface area contributed by atoms with Crippen LogP contribution < -0.4 is 5.73 Å². The molecule has 0 radical (unpaired) electrons.